The first-order valence-electron chi connectivity index (χ1n) is 7.13. The third kappa shape index (κ3) is 3.72. The molecule has 0 aliphatic rings. The summed E-state index contributed by atoms with van der Waals surface area (Å²) in [5, 5.41) is 1.29. The molecule has 0 amide bonds. The predicted molar refractivity (Wildman–Crippen MR) is 98.5 cm³/mol. The molecule has 0 unspecified atom stereocenters. The first kappa shape index (κ1) is 17.9. The van der Waals surface area contributed by atoms with Gasteiger partial charge in [0.25, 0.3) is 5.56 Å². The molecule has 3 aromatic rings. The third-order valence-electron chi connectivity index (χ3n) is 3.37. The van der Waals surface area contributed by atoms with Crippen molar-refractivity contribution in [2.24, 2.45) is 0 Å². The maximum Gasteiger partial charge on any atom is 0.262 e. The third-order valence-corrected chi connectivity index (χ3v) is 5.13. The van der Waals surface area contributed by atoms with Crippen LogP contribution in [-0.4, -0.2) is 33.2 Å². The van der Waals surface area contributed by atoms with Crippen molar-refractivity contribution in [2.75, 3.05) is 19.5 Å². The van der Waals surface area contributed by atoms with Crippen molar-refractivity contribution in [3.05, 3.63) is 45.2 Å². The molecule has 7 nitrogen and oxygen atoms in total. The van der Waals surface area contributed by atoms with Gasteiger partial charge in [0.2, 0.25) is 0 Å². The van der Waals surface area contributed by atoms with E-state index in [0.29, 0.717) is 39.0 Å². The Kier molecular flexibility index (Phi) is 5.43. The molecule has 2 heterocycles. The molecule has 0 saturated heterocycles. The molecule has 2 aromatic heterocycles. The fraction of sp³-hybridized carbons (Fsp3) is 0.200. The maximum atomic E-state index is 12.7. The van der Waals surface area contributed by atoms with Crippen LogP contribution in [-0.2, 0) is 11.3 Å². The number of anilines is 1. The molecule has 3 rings (SSSR count). The van der Waals surface area contributed by atoms with Gasteiger partial charge in [-0.2, -0.15) is 0 Å². The van der Waals surface area contributed by atoms with Gasteiger partial charge < -0.3 is 10.5 Å². The molecule has 0 aliphatic heterocycles. The Morgan fingerprint density at radius 2 is 2.12 bits per heavy atom. The molecule has 0 spiro atoms. The highest BCUT2D eigenvalue weighted by atomic mass is 35.5. The van der Waals surface area contributed by atoms with Crippen LogP contribution in [0.15, 0.2) is 39.4 Å². The van der Waals surface area contributed by atoms with Crippen LogP contribution in [0.5, 0.6) is 0 Å². The average Bonchev–Trinajstić information content (AvgIpc) is 2.58. The summed E-state index contributed by atoms with van der Waals surface area (Å²) < 4.78 is 6.47. The van der Waals surface area contributed by atoms with Gasteiger partial charge in [0, 0.05) is 12.0 Å². The summed E-state index contributed by atoms with van der Waals surface area (Å²) in [6.07, 6.45) is 2.88. The van der Waals surface area contributed by atoms with Crippen molar-refractivity contribution in [1.29, 1.82) is 0 Å². The molecule has 0 bridgehead atoms. The Bertz CT molecular complexity index is 996. The van der Waals surface area contributed by atoms with Gasteiger partial charge in [-0.05, 0) is 12.1 Å². The first-order valence-corrected chi connectivity index (χ1v) is 8.71. The molecular weight excluding hydrogens is 385 g/mol. The fourth-order valence-corrected chi connectivity index (χ4v) is 3.45. The lowest BCUT2D eigenvalue weighted by Gasteiger charge is -2.10. The standard InChI is InChI=1S/C15H13Cl2N5O2S/c1-24-5-4-22-7-20-8-2-3-9(12(17)11(8)15(22)23)25-14-13(18)21-10(16)6-19-14/h2-3,6-7H,4-5H2,1H3,(H2,18,21). The smallest absolute Gasteiger partial charge is 0.262 e. The van der Waals surface area contributed by atoms with Crippen LogP contribution >= 0.6 is 35.0 Å². The van der Waals surface area contributed by atoms with Gasteiger partial charge in [0.05, 0.1) is 41.6 Å². The van der Waals surface area contributed by atoms with Gasteiger partial charge in [-0.1, -0.05) is 35.0 Å². The second-order valence-electron chi connectivity index (χ2n) is 4.99. The second-order valence-corrected chi connectivity index (χ2v) is 6.79. The number of aromatic nitrogens is 4. The number of hydrogen-bond acceptors (Lipinski definition) is 7. The molecule has 0 aliphatic carbocycles. The summed E-state index contributed by atoms with van der Waals surface area (Å²) in [7, 11) is 1.57. The zero-order valence-electron chi connectivity index (χ0n) is 13.1. The summed E-state index contributed by atoms with van der Waals surface area (Å²) in [4.78, 5) is 25.7. The minimum absolute atomic E-state index is 0.192. The molecule has 130 valence electrons. The lowest BCUT2D eigenvalue weighted by Crippen LogP contribution is -2.22. The van der Waals surface area contributed by atoms with Gasteiger partial charge in [0.15, 0.2) is 5.82 Å². The average molecular weight is 398 g/mol. The van der Waals surface area contributed by atoms with Crippen LogP contribution in [0.1, 0.15) is 0 Å². The second kappa shape index (κ2) is 7.57. The van der Waals surface area contributed by atoms with Crippen LogP contribution in [0.25, 0.3) is 10.9 Å². The molecule has 2 N–H and O–H groups in total. The van der Waals surface area contributed by atoms with E-state index in [4.69, 9.17) is 33.7 Å². The Morgan fingerprint density at radius 1 is 1.32 bits per heavy atom. The number of ether oxygens (including phenoxy) is 1. The summed E-state index contributed by atoms with van der Waals surface area (Å²) in [6, 6.07) is 3.49. The Morgan fingerprint density at radius 3 is 2.84 bits per heavy atom. The van der Waals surface area contributed by atoms with Crippen LogP contribution in [0.3, 0.4) is 0 Å². The summed E-state index contributed by atoms with van der Waals surface area (Å²) in [5.74, 6) is 0.192. The SMILES string of the molecule is COCCn1cnc2ccc(Sc3ncc(Cl)nc3N)c(Cl)c2c1=O. The highest BCUT2D eigenvalue weighted by molar-refractivity contribution is 7.99. The zero-order valence-corrected chi connectivity index (χ0v) is 15.4. The monoisotopic (exact) mass is 397 g/mol. The quantitative estimate of drug-likeness (QED) is 0.706. The summed E-state index contributed by atoms with van der Waals surface area (Å²) in [5.41, 5.74) is 6.11. The lowest BCUT2D eigenvalue weighted by atomic mass is 10.2. The predicted octanol–water partition coefficient (Wildman–Crippen LogP) is 2.87. The van der Waals surface area contributed by atoms with Gasteiger partial charge in [-0.25, -0.2) is 15.0 Å². The van der Waals surface area contributed by atoms with Crippen LogP contribution in [0.4, 0.5) is 5.82 Å². The number of halogens is 2. The number of nitrogen functional groups attached to an aromatic ring is 1. The van der Waals surface area contributed by atoms with E-state index in [1.54, 1.807) is 19.2 Å². The number of nitrogens with two attached hydrogens (primary N) is 1. The van der Waals surface area contributed by atoms with E-state index in [0.717, 1.165) is 0 Å². The molecular formula is C15H13Cl2N5O2S. The molecule has 0 saturated carbocycles. The molecule has 0 radical (unpaired) electrons. The zero-order chi connectivity index (χ0) is 18.0. The van der Waals surface area contributed by atoms with Crippen LogP contribution in [0.2, 0.25) is 10.2 Å². The summed E-state index contributed by atoms with van der Waals surface area (Å²) in [6.45, 7) is 0.789. The summed E-state index contributed by atoms with van der Waals surface area (Å²) >= 11 is 13.4. The minimum Gasteiger partial charge on any atom is -0.383 e. The van der Waals surface area contributed by atoms with Gasteiger partial charge >= 0.3 is 0 Å². The fourth-order valence-electron chi connectivity index (χ4n) is 2.17. The maximum absolute atomic E-state index is 12.7. The number of rotatable bonds is 5. The molecule has 25 heavy (non-hydrogen) atoms. The molecule has 0 fully saturated rings. The van der Waals surface area contributed by atoms with Crippen LogP contribution in [0, 0.1) is 0 Å². The first-order chi connectivity index (χ1) is 12.0. The van der Waals surface area contributed by atoms with Crippen molar-refractivity contribution >= 4 is 51.7 Å². The van der Waals surface area contributed by atoms with Gasteiger partial charge in [-0.15, -0.1) is 0 Å². The highest BCUT2D eigenvalue weighted by Crippen LogP contribution is 2.37. The minimum atomic E-state index is -0.232. The molecule has 10 heteroatoms. The van der Waals surface area contributed by atoms with E-state index in [2.05, 4.69) is 15.0 Å². The van der Waals surface area contributed by atoms with Crippen molar-refractivity contribution in [3.63, 3.8) is 0 Å². The van der Waals surface area contributed by atoms with E-state index >= 15 is 0 Å². The molecule has 1 aromatic carbocycles. The topological polar surface area (TPSA) is 95.9 Å². The Hall–Kier alpha value is -1.87. The van der Waals surface area contributed by atoms with E-state index in [1.807, 2.05) is 0 Å². The van der Waals surface area contributed by atoms with Crippen molar-refractivity contribution < 1.29 is 4.74 Å². The lowest BCUT2D eigenvalue weighted by molar-refractivity contribution is 0.186. The van der Waals surface area contributed by atoms with E-state index < -0.39 is 0 Å². The van der Waals surface area contributed by atoms with E-state index in [-0.39, 0.29) is 16.5 Å². The van der Waals surface area contributed by atoms with Crippen molar-refractivity contribution in [3.8, 4) is 0 Å². The number of hydrogen-bond donors (Lipinski definition) is 1. The Labute approximate surface area is 157 Å². The van der Waals surface area contributed by atoms with Crippen LogP contribution < -0.4 is 11.3 Å². The van der Waals surface area contributed by atoms with Crippen molar-refractivity contribution in [1.82, 2.24) is 19.5 Å². The number of methoxy groups -OCH3 is 1. The number of fused-ring (bicyclic) bond motifs is 1. The highest BCUT2D eigenvalue weighted by Gasteiger charge is 2.15. The Balaban J connectivity index is 2.06. The van der Waals surface area contributed by atoms with Gasteiger partial charge in [0.1, 0.15) is 10.2 Å². The van der Waals surface area contributed by atoms with E-state index in [1.165, 1.54) is 28.9 Å². The number of benzene rings is 1. The molecule has 0 atom stereocenters. The van der Waals surface area contributed by atoms with Crippen molar-refractivity contribution in [2.45, 2.75) is 16.5 Å². The number of nitrogens with zero attached hydrogens (tertiary/aromatic N) is 4. The largest absolute Gasteiger partial charge is 0.383 e. The van der Waals surface area contributed by atoms with E-state index in [9.17, 15) is 4.79 Å². The van der Waals surface area contributed by atoms with Gasteiger partial charge in [-0.3, -0.25) is 9.36 Å². The normalized spacial score (nSPS) is 11.2.